The second kappa shape index (κ2) is 7.28. The molecule has 3 aromatic rings. The van der Waals surface area contributed by atoms with Gasteiger partial charge < -0.3 is 0 Å². The van der Waals surface area contributed by atoms with Crippen LogP contribution in [0.15, 0.2) is 102 Å². The first-order valence-electron chi connectivity index (χ1n) is 7.75. The zero-order valence-corrected chi connectivity index (χ0v) is 13.9. The zero-order chi connectivity index (χ0) is 16.8. The fourth-order valence-electron chi connectivity index (χ4n) is 2.56. The fourth-order valence-corrected chi connectivity index (χ4v) is 4.19. The number of rotatable bonds is 5. The molecule has 3 rings (SSSR count). The van der Waals surface area contributed by atoms with Crippen LogP contribution in [0.1, 0.15) is 16.4 Å². The van der Waals surface area contributed by atoms with Gasteiger partial charge in [0.05, 0.1) is 4.90 Å². The largest absolute Gasteiger partial charge is 0.223 e. The normalized spacial score (nSPS) is 13.0. The molecule has 0 aliphatic heterocycles. The van der Waals surface area contributed by atoms with Gasteiger partial charge in [-0.2, -0.15) is 0 Å². The number of benzene rings is 3. The van der Waals surface area contributed by atoms with Gasteiger partial charge in [0, 0.05) is 0 Å². The maximum atomic E-state index is 13.1. The van der Waals surface area contributed by atoms with Crippen LogP contribution in [0.25, 0.3) is 6.08 Å². The average Bonchev–Trinajstić information content (AvgIpc) is 2.64. The molecule has 0 saturated heterocycles. The molecule has 0 fully saturated rings. The molecule has 0 aliphatic rings. The molecule has 0 N–H and O–H groups in total. The van der Waals surface area contributed by atoms with Crippen molar-refractivity contribution in [3.05, 3.63) is 108 Å². The summed E-state index contributed by atoms with van der Waals surface area (Å²) in [5, 5.41) is -0.721. The van der Waals surface area contributed by atoms with E-state index in [2.05, 4.69) is 0 Å². The summed E-state index contributed by atoms with van der Waals surface area (Å²) in [6.45, 7) is 0. The maximum absolute atomic E-state index is 13.1. The summed E-state index contributed by atoms with van der Waals surface area (Å²) >= 11 is 0. The number of hydrogen-bond acceptors (Lipinski definition) is 2. The quantitative estimate of drug-likeness (QED) is 0.664. The lowest BCUT2D eigenvalue weighted by molar-refractivity contribution is 0.590. The molecule has 0 spiro atoms. The minimum Gasteiger partial charge on any atom is -0.223 e. The lowest BCUT2D eigenvalue weighted by atomic mass is 10.1. The highest BCUT2D eigenvalue weighted by Crippen LogP contribution is 2.30. The van der Waals surface area contributed by atoms with Crippen molar-refractivity contribution in [2.45, 2.75) is 10.1 Å². The third-order valence-corrected chi connectivity index (χ3v) is 5.82. The van der Waals surface area contributed by atoms with E-state index in [0.29, 0.717) is 4.90 Å². The van der Waals surface area contributed by atoms with Gasteiger partial charge in [-0.15, -0.1) is 0 Å². The Morgan fingerprint density at radius 3 is 1.75 bits per heavy atom. The second-order valence-corrected chi connectivity index (χ2v) is 7.53. The first-order valence-corrected chi connectivity index (χ1v) is 9.30. The Balaban J connectivity index is 2.05. The predicted molar refractivity (Wildman–Crippen MR) is 98.3 cm³/mol. The van der Waals surface area contributed by atoms with Gasteiger partial charge in [0.15, 0.2) is 9.84 Å². The van der Waals surface area contributed by atoms with E-state index in [1.807, 2.05) is 72.8 Å². The van der Waals surface area contributed by atoms with Crippen molar-refractivity contribution >= 4 is 15.9 Å². The van der Waals surface area contributed by atoms with Crippen LogP contribution in [0.4, 0.5) is 0 Å². The highest BCUT2D eigenvalue weighted by Gasteiger charge is 2.26. The number of sulfone groups is 1. The molecule has 120 valence electrons. The molecule has 0 heterocycles. The van der Waals surface area contributed by atoms with Gasteiger partial charge in [-0.05, 0) is 23.3 Å². The topological polar surface area (TPSA) is 34.1 Å². The van der Waals surface area contributed by atoms with E-state index in [-0.39, 0.29) is 0 Å². The van der Waals surface area contributed by atoms with Crippen molar-refractivity contribution in [3.8, 4) is 0 Å². The zero-order valence-electron chi connectivity index (χ0n) is 13.1. The van der Waals surface area contributed by atoms with Gasteiger partial charge in [0.25, 0.3) is 0 Å². The van der Waals surface area contributed by atoms with E-state index in [1.165, 1.54) is 0 Å². The molecule has 0 aromatic heterocycles. The van der Waals surface area contributed by atoms with E-state index >= 15 is 0 Å². The van der Waals surface area contributed by atoms with Crippen molar-refractivity contribution in [3.63, 3.8) is 0 Å². The SMILES string of the molecule is O=S(=O)(c1ccccc1)C(/C=C/c1ccccc1)c1ccccc1. The van der Waals surface area contributed by atoms with Gasteiger partial charge in [-0.25, -0.2) is 8.42 Å². The third-order valence-electron chi connectivity index (χ3n) is 3.80. The van der Waals surface area contributed by atoms with E-state index in [0.717, 1.165) is 11.1 Å². The Labute approximate surface area is 143 Å². The Morgan fingerprint density at radius 2 is 1.17 bits per heavy atom. The van der Waals surface area contributed by atoms with Crippen molar-refractivity contribution in [1.82, 2.24) is 0 Å². The third kappa shape index (κ3) is 3.63. The molecule has 1 atom stereocenters. The van der Waals surface area contributed by atoms with Gasteiger partial charge >= 0.3 is 0 Å². The van der Waals surface area contributed by atoms with E-state index in [9.17, 15) is 8.42 Å². The smallest absolute Gasteiger partial charge is 0.188 e. The second-order valence-electron chi connectivity index (χ2n) is 5.46. The van der Waals surface area contributed by atoms with Crippen LogP contribution in [0, 0.1) is 0 Å². The van der Waals surface area contributed by atoms with Crippen molar-refractivity contribution < 1.29 is 8.42 Å². The highest BCUT2D eigenvalue weighted by molar-refractivity contribution is 7.91. The summed E-state index contributed by atoms with van der Waals surface area (Å²) in [6, 6.07) is 27.6. The first-order chi connectivity index (χ1) is 11.7. The van der Waals surface area contributed by atoms with E-state index in [4.69, 9.17) is 0 Å². The van der Waals surface area contributed by atoms with Crippen molar-refractivity contribution in [2.75, 3.05) is 0 Å². The van der Waals surface area contributed by atoms with Crippen molar-refractivity contribution in [2.24, 2.45) is 0 Å². The molecule has 2 nitrogen and oxygen atoms in total. The molecule has 0 radical (unpaired) electrons. The van der Waals surface area contributed by atoms with E-state index in [1.54, 1.807) is 30.3 Å². The lowest BCUT2D eigenvalue weighted by Gasteiger charge is -2.15. The van der Waals surface area contributed by atoms with E-state index < -0.39 is 15.1 Å². The van der Waals surface area contributed by atoms with Crippen LogP contribution >= 0.6 is 0 Å². The maximum Gasteiger partial charge on any atom is 0.188 e. The minimum atomic E-state index is -3.51. The molecule has 0 aliphatic carbocycles. The molecule has 0 saturated carbocycles. The molecule has 3 heteroatoms. The minimum absolute atomic E-state index is 0.330. The Hall–Kier alpha value is -2.65. The fraction of sp³-hybridized carbons (Fsp3) is 0.0476. The summed E-state index contributed by atoms with van der Waals surface area (Å²) in [6.07, 6.45) is 3.62. The van der Waals surface area contributed by atoms with Crippen LogP contribution in [0.5, 0.6) is 0 Å². The summed E-state index contributed by atoms with van der Waals surface area (Å²) in [4.78, 5) is 0.330. The molecule has 0 bridgehead atoms. The molecule has 0 amide bonds. The summed E-state index contributed by atoms with van der Waals surface area (Å²) in [5.41, 5.74) is 1.73. The van der Waals surface area contributed by atoms with Gasteiger partial charge in [-0.3, -0.25) is 0 Å². The van der Waals surface area contributed by atoms with Crippen LogP contribution < -0.4 is 0 Å². The molecule has 1 unspecified atom stereocenters. The van der Waals surface area contributed by atoms with Crippen LogP contribution in [-0.4, -0.2) is 8.42 Å². The van der Waals surface area contributed by atoms with Crippen LogP contribution in [0.2, 0.25) is 0 Å². The summed E-state index contributed by atoms with van der Waals surface area (Å²) < 4.78 is 26.2. The van der Waals surface area contributed by atoms with Crippen LogP contribution in [0.3, 0.4) is 0 Å². The Morgan fingerprint density at radius 1 is 0.667 bits per heavy atom. The highest BCUT2D eigenvalue weighted by atomic mass is 32.2. The van der Waals surface area contributed by atoms with Crippen molar-refractivity contribution in [1.29, 1.82) is 0 Å². The van der Waals surface area contributed by atoms with Crippen LogP contribution in [-0.2, 0) is 9.84 Å². The number of hydrogen-bond donors (Lipinski definition) is 0. The molecule has 3 aromatic carbocycles. The monoisotopic (exact) mass is 334 g/mol. The summed E-state index contributed by atoms with van der Waals surface area (Å²) in [5.74, 6) is 0. The lowest BCUT2D eigenvalue weighted by Crippen LogP contribution is -2.11. The standard InChI is InChI=1S/C21H18O2S/c22-24(23,20-14-8-3-9-15-20)21(19-12-6-2-7-13-19)17-16-18-10-4-1-5-11-18/h1-17,21H/b17-16+. The first kappa shape index (κ1) is 16.2. The van der Waals surface area contributed by atoms with Gasteiger partial charge in [-0.1, -0.05) is 91.0 Å². The predicted octanol–water partition coefficient (Wildman–Crippen LogP) is 4.92. The molecular formula is C21H18O2S. The van der Waals surface area contributed by atoms with Gasteiger partial charge in [0.1, 0.15) is 5.25 Å². The molecule has 24 heavy (non-hydrogen) atoms. The Bertz CT molecular complexity index is 900. The average molecular weight is 334 g/mol. The van der Waals surface area contributed by atoms with Gasteiger partial charge in [0.2, 0.25) is 0 Å². The summed E-state index contributed by atoms with van der Waals surface area (Å²) in [7, 11) is -3.51. The Kier molecular flexibility index (Phi) is 4.92. The molecular weight excluding hydrogens is 316 g/mol.